The molecule has 3 nitrogen and oxygen atoms in total. The van der Waals surface area contributed by atoms with Crippen LogP contribution in [0.2, 0.25) is 0 Å². The third-order valence-electron chi connectivity index (χ3n) is 4.77. The zero-order valence-corrected chi connectivity index (χ0v) is 14.4. The SMILES string of the molecule is O[C@@H]1[C@@H](NCCCc2ccccc2)CCC[C@H]1Oc1cccc(F)c1. The van der Waals surface area contributed by atoms with Crippen molar-refractivity contribution < 1.29 is 14.2 Å². The van der Waals surface area contributed by atoms with Crippen LogP contribution in [0, 0.1) is 5.82 Å². The number of hydrogen-bond donors (Lipinski definition) is 2. The van der Waals surface area contributed by atoms with Crippen LogP contribution >= 0.6 is 0 Å². The molecule has 1 fully saturated rings. The summed E-state index contributed by atoms with van der Waals surface area (Å²) in [6, 6.07) is 16.6. The Kier molecular flexibility index (Phi) is 6.42. The summed E-state index contributed by atoms with van der Waals surface area (Å²) in [5, 5.41) is 14.1. The summed E-state index contributed by atoms with van der Waals surface area (Å²) in [5.74, 6) is 0.159. The van der Waals surface area contributed by atoms with Gasteiger partial charge in [0, 0.05) is 12.1 Å². The Bertz CT molecular complexity index is 649. The molecule has 0 bridgehead atoms. The third kappa shape index (κ3) is 5.28. The van der Waals surface area contributed by atoms with Gasteiger partial charge in [0.05, 0.1) is 0 Å². The number of hydrogen-bond acceptors (Lipinski definition) is 3. The Balaban J connectivity index is 1.45. The van der Waals surface area contributed by atoms with Crippen molar-refractivity contribution in [3.63, 3.8) is 0 Å². The number of aliphatic hydroxyl groups is 1. The molecule has 0 heterocycles. The molecule has 0 radical (unpaired) electrons. The van der Waals surface area contributed by atoms with Crippen molar-refractivity contribution in [3.8, 4) is 5.75 Å². The fourth-order valence-electron chi connectivity index (χ4n) is 3.43. The number of aryl methyl sites for hydroxylation is 1. The van der Waals surface area contributed by atoms with E-state index in [2.05, 4.69) is 29.6 Å². The van der Waals surface area contributed by atoms with E-state index in [-0.39, 0.29) is 18.0 Å². The maximum Gasteiger partial charge on any atom is 0.126 e. The molecular weight excluding hydrogens is 317 g/mol. The highest BCUT2D eigenvalue weighted by molar-refractivity contribution is 5.23. The van der Waals surface area contributed by atoms with Crippen LogP contribution in [-0.2, 0) is 6.42 Å². The minimum atomic E-state index is -0.575. The number of benzene rings is 2. The normalized spacial score (nSPS) is 23.4. The molecule has 2 aromatic carbocycles. The highest BCUT2D eigenvalue weighted by Crippen LogP contribution is 2.25. The zero-order valence-electron chi connectivity index (χ0n) is 14.4. The second-order valence-electron chi connectivity index (χ2n) is 6.68. The monoisotopic (exact) mass is 343 g/mol. The van der Waals surface area contributed by atoms with E-state index in [0.29, 0.717) is 5.75 Å². The van der Waals surface area contributed by atoms with Gasteiger partial charge in [-0.15, -0.1) is 0 Å². The number of halogens is 1. The molecule has 4 heteroatoms. The lowest BCUT2D eigenvalue weighted by molar-refractivity contribution is -0.0153. The molecule has 0 saturated heterocycles. The van der Waals surface area contributed by atoms with Crippen LogP contribution in [0.5, 0.6) is 5.75 Å². The quantitative estimate of drug-likeness (QED) is 0.753. The topological polar surface area (TPSA) is 41.5 Å². The molecule has 0 unspecified atom stereocenters. The molecule has 0 aromatic heterocycles. The Morgan fingerprint density at radius 1 is 1.08 bits per heavy atom. The van der Waals surface area contributed by atoms with E-state index in [1.807, 2.05) is 6.07 Å². The van der Waals surface area contributed by atoms with Crippen LogP contribution in [0.3, 0.4) is 0 Å². The summed E-state index contributed by atoms with van der Waals surface area (Å²) in [5.41, 5.74) is 1.33. The van der Waals surface area contributed by atoms with Crippen molar-refractivity contribution in [3.05, 3.63) is 66.0 Å². The lowest BCUT2D eigenvalue weighted by Gasteiger charge is -2.35. The molecule has 0 spiro atoms. The van der Waals surface area contributed by atoms with E-state index in [1.165, 1.54) is 17.7 Å². The number of rotatable bonds is 7. The molecule has 0 aliphatic heterocycles. The van der Waals surface area contributed by atoms with Crippen LogP contribution in [0.15, 0.2) is 54.6 Å². The van der Waals surface area contributed by atoms with Gasteiger partial charge in [-0.05, 0) is 56.3 Å². The van der Waals surface area contributed by atoms with Crippen molar-refractivity contribution in [2.75, 3.05) is 6.54 Å². The number of nitrogens with one attached hydrogen (secondary N) is 1. The van der Waals surface area contributed by atoms with Gasteiger partial charge in [-0.2, -0.15) is 0 Å². The summed E-state index contributed by atoms with van der Waals surface area (Å²) in [6.45, 7) is 0.864. The predicted molar refractivity (Wildman–Crippen MR) is 97.2 cm³/mol. The maximum absolute atomic E-state index is 13.3. The summed E-state index contributed by atoms with van der Waals surface area (Å²) in [4.78, 5) is 0. The van der Waals surface area contributed by atoms with E-state index < -0.39 is 6.10 Å². The van der Waals surface area contributed by atoms with Crippen LogP contribution in [0.4, 0.5) is 4.39 Å². The van der Waals surface area contributed by atoms with Gasteiger partial charge in [0.2, 0.25) is 0 Å². The predicted octanol–water partition coefficient (Wildman–Crippen LogP) is 3.71. The van der Waals surface area contributed by atoms with Gasteiger partial charge in [-0.3, -0.25) is 0 Å². The van der Waals surface area contributed by atoms with Crippen molar-refractivity contribution in [1.29, 1.82) is 0 Å². The second kappa shape index (κ2) is 8.97. The highest BCUT2D eigenvalue weighted by Gasteiger charge is 2.32. The first-order chi connectivity index (χ1) is 12.2. The van der Waals surface area contributed by atoms with Crippen LogP contribution in [-0.4, -0.2) is 29.9 Å². The Hall–Kier alpha value is -1.91. The maximum atomic E-state index is 13.3. The summed E-state index contributed by atoms with van der Waals surface area (Å²) in [6.07, 6.45) is 3.92. The fraction of sp³-hybridized carbons (Fsp3) is 0.429. The van der Waals surface area contributed by atoms with Gasteiger partial charge in [-0.1, -0.05) is 36.4 Å². The molecule has 134 valence electrons. The summed E-state index contributed by atoms with van der Waals surface area (Å²) in [7, 11) is 0. The van der Waals surface area contributed by atoms with E-state index in [0.717, 1.165) is 38.6 Å². The standard InChI is InChI=1S/C21H26FNO2/c22-17-10-4-11-18(15-17)25-20-13-5-12-19(21(20)24)23-14-6-9-16-7-2-1-3-8-16/h1-4,7-8,10-11,15,19-21,23-24H,5-6,9,12-14H2/t19-,20+,21+/m0/s1. The molecule has 1 saturated carbocycles. The van der Waals surface area contributed by atoms with Gasteiger partial charge in [0.25, 0.3) is 0 Å². The van der Waals surface area contributed by atoms with E-state index in [9.17, 15) is 9.50 Å². The van der Waals surface area contributed by atoms with Crippen molar-refractivity contribution in [1.82, 2.24) is 5.32 Å². The molecule has 2 aromatic rings. The molecule has 1 aliphatic carbocycles. The zero-order chi connectivity index (χ0) is 17.5. The first-order valence-corrected chi connectivity index (χ1v) is 9.10. The molecule has 25 heavy (non-hydrogen) atoms. The van der Waals surface area contributed by atoms with Crippen molar-refractivity contribution in [2.45, 2.75) is 50.4 Å². The molecule has 3 atom stereocenters. The number of ether oxygens (including phenoxy) is 1. The molecule has 2 N–H and O–H groups in total. The second-order valence-corrected chi connectivity index (χ2v) is 6.68. The molecule has 0 amide bonds. The average molecular weight is 343 g/mol. The highest BCUT2D eigenvalue weighted by atomic mass is 19.1. The molecular formula is C21H26FNO2. The van der Waals surface area contributed by atoms with Crippen LogP contribution in [0.1, 0.15) is 31.2 Å². The van der Waals surface area contributed by atoms with E-state index >= 15 is 0 Å². The first-order valence-electron chi connectivity index (χ1n) is 9.10. The fourth-order valence-corrected chi connectivity index (χ4v) is 3.43. The number of aliphatic hydroxyl groups excluding tert-OH is 1. The largest absolute Gasteiger partial charge is 0.488 e. The van der Waals surface area contributed by atoms with Crippen molar-refractivity contribution >= 4 is 0 Å². The average Bonchev–Trinajstić information content (AvgIpc) is 2.62. The van der Waals surface area contributed by atoms with Gasteiger partial charge in [-0.25, -0.2) is 4.39 Å². The smallest absolute Gasteiger partial charge is 0.126 e. The van der Waals surface area contributed by atoms with Gasteiger partial charge >= 0.3 is 0 Å². The lowest BCUT2D eigenvalue weighted by atomic mass is 9.89. The summed E-state index contributed by atoms with van der Waals surface area (Å²) < 4.78 is 19.1. The Labute approximate surface area is 148 Å². The van der Waals surface area contributed by atoms with E-state index in [1.54, 1.807) is 12.1 Å². The first kappa shape index (κ1) is 17.9. The van der Waals surface area contributed by atoms with Gasteiger partial charge in [0.15, 0.2) is 0 Å². The molecule has 1 aliphatic rings. The van der Waals surface area contributed by atoms with Crippen LogP contribution in [0.25, 0.3) is 0 Å². The minimum Gasteiger partial charge on any atom is -0.488 e. The van der Waals surface area contributed by atoms with Crippen LogP contribution < -0.4 is 10.1 Å². The third-order valence-corrected chi connectivity index (χ3v) is 4.77. The van der Waals surface area contributed by atoms with Crippen molar-refractivity contribution in [2.24, 2.45) is 0 Å². The Morgan fingerprint density at radius 3 is 2.72 bits per heavy atom. The summed E-state index contributed by atoms with van der Waals surface area (Å²) >= 11 is 0. The van der Waals surface area contributed by atoms with E-state index in [4.69, 9.17) is 4.74 Å². The lowest BCUT2D eigenvalue weighted by Crippen LogP contribution is -2.51. The van der Waals surface area contributed by atoms with Gasteiger partial charge < -0.3 is 15.2 Å². The molecule has 3 rings (SSSR count). The van der Waals surface area contributed by atoms with Gasteiger partial charge in [0.1, 0.15) is 23.8 Å². The Morgan fingerprint density at radius 2 is 1.92 bits per heavy atom. The minimum absolute atomic E-state index is 0.0306.